The first kappa shape index (κ1) is 17.7. The molecule has 0 aliphatic carbocycles. The van der Waals surface area contributed by atoms with E-state index in [1.807, 2.05) is 12.1 Å². The minimum atomic E-state index is -0.227. The van der Waals surface area contributed by atoms with E-state index >= 15 is 0 Å². The standard InChI is InChI=1S/C19H23NO4/c1-4-5-12-24-16-9-7-6-8-15(16)19(21)20-14-10-11-17(22-2)18(13-14)23-3/h6-11,13H,4-5,12H2,1-3H3,(H,20,21). The number of carbonyl (C=O) groups is 1. The second kappa shape index (κ2) is 8.82. The van der Waals surface area contributed by atoms with Crippen LogP contribution in [-0.2, 0) is 0 Å². The molecule has 5 heteroatoms. The number of hydrogen-bond donors (Lipinski definition) is 1. The van der Waals surface area contributed by atoms with E-state index in [0.717, 1.165) is 12.8 Å². The first-order valence-electron chi connectivity index (χ1n) is 7.94. The summed E-state index contributed by atoms with van der Waals surface area (Å²) in [4.78, 5) is 12.6. The molecular formula is C19H23NO4. The van der Waals surface area contributed by atoms with Crippen LogP contribution < -0.4 is 19.5 Å². The quantitative estimate of drug-likeness (QED) is 0.740. The van der Waals surface area contributed by atoms with Crippen molar-refractivity contribution in [3.63, 3.8) is 0 Å². The van der Waals surface area contributed by atoms with E-state index in [1.54, 1.807) is 44.6 Å². The van der Waals surface area contributed by atoms with Crippen LogP contribution >= 0.6 is 0 Å². The molecule has 0 saturated heterocycles. The maximum atomic E-state index is 12.6. The molecule has 2 rings (SSSR count). The lowest BCUT2D eigenvalue weighted by Gasteiger charge is -2.13. The van der Waals surface area contributed by atoms with Gasteiger partial charge in [-0.15, -0.1) is 0 Å². The molecule has 0 aromatic heterocycles. The van der Waals surface area contributed by atoms with Crippen LogP contribution in [0.15, 0.2) is 42.5 Å². The molecule has 0 aliphatic heterocycles. The highest BCUT2D eigenvalue weighted by molar-refractivity contribution is 6.06. The number of nitrogens with one attached hydrogen (secondary N) is 1. The Morgan fingerprint density at radius 1 is 1.00 bits per heavy atom. The lowest BCUT2D eigenvalue weighted by Crippen LogP contribution is -2.14. The zero-order chi connectivity index (χ0) is 17.4. The third-order valence-electron chi connectivity index (χ3n) is 3.53. The van der Waals surface area contributed by atoms with Crippen LogP contribution in [0.2, 0.25) is 0 Å². The average molecular weight is 329 g/mol. The zero-order valence-electron chi connectivity index (χ0n) is 14.3. The van der Waals surface area contributed by atoms with Crippen LogP contribution in [0.1, 0.15) is 30.1 Å². The van der Waals surface area contributed by atoms with Gasteiger partial charge in [-0.2, -0.15) is 0 Å². The molecule has 0 radical (unpaired) electrons. The fraction of sp³-hybridized carbons (Fsp3) is 0.316. The van der Waals surface area contributed by atoms with Crippen molar-refractivity contribution in [3.8, 4) is 17.2 Å². The summed E-state index contributed by atoms with van der Waals surface area (Å²) in [5.41, 5.74) is 1.13. The number of benzene rings is 2. The van der Waals surface area contributed by atoms with E-state index in [-0.39, 0.29) is 5.91 Å². The minimum Gasteiger partial charge on any atom is -0.493 e. The van der Waals surface area contributed by atoms with Gasteiger partial charge in [0.2, 0.25) is 0 Å². The molecule has 5 nitrogen and oxygen atoms in total. The number of anilines is 1. The number of carbonyl (C=O) groups excluding carboxylic acids is 1. The number of hydrogen-bond acceptors (Lipinski definition) is 4. The Balaban J connectivity index is 2.15. The Bertz CT molecular complexity index is 685. The average Bonchev–Trinajstić information content (AvgIpc) is 2.62. The Morgan fingerprint density at radius 3 is 2.46 bits per heavy atom. The molecule has 0 heterocycles. The predicted octanol–water partition coefficient (Wildman–Crippen LogP) is 4.14. The van der Waals surface area contributed by atoms with Crippen molar-refractivity contribution < 1.29 is 19.0 Å². The van der Waals surface area contributed by atoms with Gasteiger partial charge in [0.25, 0.3) is 5.91 Å². The van der Waals surface area contributed by atoms with Crippen LogP contribution in [0.4, 0.5) is 5.69 Å². The van der Waals surface area contributed by atoms with Gasteiger partial charge < -0.3 is 19.5 Å². The lowest BCUT2D eigenvalue weighted by atomic mass is 10.1. The third-order valence-corrected chi connectivity index (χ3v) is 3.53. The van der Waals surface area contributed by atoms with E-state index in [1.165, 1.54) is 0 Å². The molecule has 0 atom stereocenters. The van der Waals surface area contributed by atoms with Crippen molar-refractivity contribution >= 4 is 11.6 Å². The topological polar surface area (TPSA) is 56.8 Å². The number of rotatable bonds is 8. The Labute approximate surface area is 142 Å². The van der Waals surface area contributed by atoms with Gasteiger partial charge in [-0.05, 0) is 30.7 Å². The van der Waals surface area contributed by atoms with Crippen molar-refractivity contribution in [2.75, 3.05) is 26.1 Å². The number of para-hydroxylation sites is 1. The summed E-state index contributed by atoms with van der Waals surface area (Å²) in [7, 11) is 3.13. The van der Waals surface area contributed by atoms with Crippen LogP contribution in [0.3, 0.4) is 0 Å². The monoisotopic (exact) mass is 329 g/mol. The second-order valence-electron chi connectivity index (χ2n) is 5.22. The van der Waals surface area contributed by atoms with Crippen LogP contribution in [-0.4, -0.2) is 26.7 Å². The molecule has 1 N–H and O–H groups in total. The first-order valence-corrected chi connectivity index (χ1v) is 7.94. The highest BCUT2D eigenvalue weighted by Gasteiger charge is 2.13. The van der Waals surface area contributed by atoms with Gasteiger partial charge in [-0.3, -0.25) is 4.79 Å². The second-order valence-corrected chi connectivity index (χ2v) is 5.22. The zero-order valence-corrected chi connectivity index (χ0v) is 14.3. The van der Waals surface area contributed by atoms with Crippen LogP contribution in [0.5, 0.6) is 17.2 Å². The Hall–Kier alpha value is -2.69. The third kappa shape index (κ3) is 4.41. The summed E-state index contributed by atoms with van der Waals surface area (Å²) >= 11 is 0. The van der Waals surface area contributed by atoms with Gasteiger partial charge in [0.1, 0.15) is 5.75 Å². The molecule has 1 amide bonds. The van der Waals surface area contributed by atoms with E-state index in [0.29, 0.717) is 35.1 Å². The van der Waals surface area contributed by atoms with Crippen LogP contribution in [0.25, 0.3) is 0 Å². The number of methoxy groups -OCH3 is 2. The van der Waals surface area contributed by atoms with Crippen LogP contribution in [0, 0.1) is 0 Å². The summed E-state index contributed by atoms with van der Waals surface area (Å²) in [6.45, 7) is 2.69. The Morgan fingerprint density at radius 2 is 1.75 bits per heavy atom. The van der Waals surface area contributed by atoms with Gasteiger partial charge >= 0.3 is 0 Å². The smallest absolute Gasteiger partial charge is 0.259 e. The van der Waals surface area contributed by atoms with E-state index < -0.39 is 0 Å². The molecule has 128 valence electrons. The summed E-state index contributed by atoms with van der Waals surface area (Å²) in [5, 5.41) is 2.86. The fourth-order valence-electron chi connectivity index (χ4n) is 2.22. The summed E-state index contributed by atoms with van der Waals surface area (Å²) < 4.78 is 16.2. The largest absolute Gasteiger partial charge is 0.493 e. The molecule has 0 aliphatic rings. The molecule has 0 bridgehead atoms. The highest BCUT2D eigenvalue weighted by atomic mass is 16.5. The number of ether oxygens (including phenoxy) is 3. The van der Waals surface area contributed by atoms with Crippen molar-refractivity contribution in [1.29, 1.82) is 0 Å². The minimum absolute atomic E-state index is 0.227. The van der Waals surface area contributed by atoms with Crippen molar-refractivity contribution in [2.24, 2.45) is 0 Å². The van der Waals surface area contributed by atoms with Gasteiger partial charge in [-0.1, -0.05) is 25.5 Å². The Kier molecular flexibility index (Phi) is 6.49. The molecule has 2 aromatic rings. The van der Waals surface area contributed by atoms with E-state index in [4.69, 9.17) is 14.2 Å². The summed E-state index contributed by atoms with van der Waals surface area (Å²) in [6, 6.07) is 12.5. The van der Waals surface area contributed by atoms with Gasteiger partial charge in [-0.25, -0.2) is 0 Å². The van der Waals surface area contributed by atoms with Gasteiger partial charge in [0.05, 0.1) is 26.4 Å². The molecule has 0 saturated carbocycles. The van der Waals surface area contributed by atoms with Gasteiger partial charge in [0, 0.05) is 11.8 Å². The molecular weight excluding hydrogens is 306 g/mol. The van der Waals surface area contributed by atoms with Crippen molar-refractivity contribution in [2.45, 2.75) is 19.8 Å². The molecule has 0 spiro atoms. The molecule has 24 heavy (non-hydrogen) atoms. The molecule has 2 aromatic carbocycles. The number of unbranched alkanes of at least 4 members (excludes halogenated alkanes) is 1. The summed E-state index contributed by atoms with van der Waals surface area (Å²) in [5.74, 6) is 1.53. The molecule has 0 fully saturated rings. The lowest BCUT2D eigenvalue weighted by molar-refractivity contribution is 0.102. The van der Waals surface area contributed by atoms with Crippen molar-refractivity contribution in [3.05, 3.63) is 48.0 Å². The highest BCUT2D eigenvalue weighted by Crippen LogP contribution is 2.30. The number of amides is 1. The maximum absolute atomic E-state index is 12.6. The van der Waals surface area contributed by atoms with Gasteiger partial charge in [0.15, 0.2) is 11.5 Å². The first-order chi connectivity index (χ1) is 11.7. The van der Waals surface area contributed by atoms with E-state index in [9.17, 15) is 4.79 Å². The molecule has 0 unspecified atom stereocenters. The normalized spacial score (nSPS) is 10.1. The van der Waals surface area contributed by atoms with E-state index in [2.05, 4.69) is 12.2 Å². The fourth-order valence-corrected chi connectivity index (χ4v) is 2.22. The SMILES string of the molecule is CCCCOc1ccccc1C(=O)Nc1ccc(OC)c(OC)c1. The maximum Gasteiger partial charge on any atom is 0.259 e. The summed E-state index contributed by atoms with van der Waals surface area (Å²) in [6.07, 6.45) is 1.99. The predicted molar refractivity (Wildman–Crippen MR) is 94.3 cm³/mol. The van der Waals surface area contributed by atoms with Crippen molar-refractivity contribution in [1.82, 2.24) is 0 Å².